The van der Waals surface area contributed by atoms with Crippen molar-refractivity contribution in [3.8, 4) is 0 Å². The fourth-order valence-electron chi connectivity index (χ4n) is 0.640. The maximum atomic E-state index is 10.6. The quantitative estimate of drug-likeness (QED) is 0.678. The molecule has 0 aliphatic heterocycles. The molecule has 0 radical (unpaired) electrons. The van der Waals surface area contributed by atoms with Crippen LogP contribution in [0.2, 0.25) is 0 Å². The first-order valence-electron chi connectivity index (χ1n) is 2.79. The maximum absolute atomic E-state index is 10.6. The van der Waals surface area contributed by atoms with E-state index in [1.54, 1.807) is 0 Å². The lowest BCUT2D eigenvalue weighted by Gasteiger charge is -1.98. The molecule has 5 nitrogen and oxygen atoms in total. The van der Waals surface area contributed by atoms with Crippen molar-refractivity contribution in [3.63, 3.8) is 0 Å². The molecule has 2 atom stereocenters. The van der Waals surface area contributed by atoms with Crippen LogP contribution in [-0.2, 0) is 22.2 Å². The highest BCUT2D eigenvalue weighted by atomic mass is 32.2. The fraction of sp³-hybridized carbons (Fsp3) is 0. The van der Waals surface area contributed by atoms with Gasteiger partial charge in [-0.25, -0.2) is 13.4 Å². The van der Waals surface area contributed by atoms with Crippen LogP contribution in [0, 0.1) is 0 Å². The fourth-order valence-corrected chi connectivity index (χ4v) is 1.86. The van der Waals surface area contributed by atoms with E-state index >= 15 is 0 Å². The Balaban J connectivity index is 3.27. The monoisotopic (exact) mass is 207 g/mol. The molecule has 1 aromatic heterocycles. The van der Waals surface area contributed by atoms with Crippen molar-refractivity contribution in [1.29, 1.82) is 0 Å². The van der Waals surface area contributed by atoms with Gasteiger partial charge in [0.2, 0.25) is 11.1 Å². The van der Waals surface area contributed by atoms with E-state index in [2.05, 4.69) is 4.98 Å². The first-order chi connectivity index (χ1) is 5.63. The second kappa shape index (κ2) is 3.85. The Morgan fingerprint density at radius 3 is 2.33 bits per heavy atom. The average Bonchev–Trinajstić information content (AvgIpc) is 2.04. The van der Waals surface area contributed by atoms with Gasteiger partial charge in [0.25, 0.3) is 0 Å². The Morgan fingerprint density at radius 1 is 1.25 bits per heavy atom. The number of aromatic nitrogens is 1. The van der Waals surface area contributed by atoms with Gasteiger partial charge in [-0.05, 0) is 12.1 Å². The van der Waals surface area contributed by atoms with E-state index in [1.165, 1.54) is 18.3 Å². The van der Waals surface area contributed by atoms with E-state index in [9.17, 15) is 8.42 Å². The molecule has 1 rings (SSSR count). The number of pyridine rings is 1. The molecule has 0 bridgehead atoms. The normalized spacial score (nSPS) is 15.5. The summed E-state index contributed by atoms with van der Waals surface area (Å²) in [5.74, 6) is 0. The van der Waals surface area contributed by atoms with Crippen LogP contribution in [0.4, 0.5) is 0 Å². The van der Waals surface area contributed by atoms with Gasteiger partial charge >= 0.3 is 0 Å². The van der Waals surface area contributed by atoms with Crippen molar-refractivity contribution < 1.29 is 17.5 Å². The van der Waals surface area contributed by atoms with Gasteiger partial charge in [-0.2, -0.15) is 0 Å². The number of hydrogen-bond acceptors (Lipinski definition) is 3. The largest absolute Gasteiger partial charge is 0.302 e. The second-order valence-corrected chi connectivity index (χ2v) is 3.63. The van der Waals surface area contributed by atoms with Crippen molar-refractivity contribution in [3.05, 3.63) is 18.3 Å². The summed E-state index contributed by atoms with van der Waals surface area (Å²) in [6, 6.07) is 2.69. The zero-order chi connectivity index (χ0) is 9.14. The molecule has 1 aromatic rings. The first kappa shape index (κ1) is 9.46. The lowest BCUT2D eigenvalue weighted by atomic mass is 10.5. The summed E-state index contributed by atoms with van der Waals surface area (Å²) < 4.78 is 38.3. The molecule has 0 aliphatic rings. The van der Waals surface area contributed by atoms with Gasteiger partial charge < -0.3 is 9.11 Å². The minimum atomic E-state index is -2.33. The Labute approximate surface area is 73.4 Å². The van der Waals surface area contributed by atoms with E-state index in [0.717, 1.165) is 0 Å². The third-order valence-corrected chi connectivity index (χ3v) is 2.58. The Bertz CT molecular complexity index is 307. The zero-order valence-electron chi connectivity index (χ0n) is 5.71. The van der Waals surface area contributed by atoms with Crippen LogP contribution in [0.3, 0.4) is 0 Å². The van der Waals surface area contributed by atoms with Gasteiger partial charge in [0.15, 0.2) is 16.1 Å². The number of nitrogens with zero attached hydrogens (tertiary/aromatic N) is 1. The topological polar surface area (TPSA) is 87.5 Å². The molecule has 0 saturated carbocycles. The van der Waals surface area contributed by atoms with E-state index in [-0.39, 0.29) is 9.92 Å². The van der Waals surface area contributed by atoms with Crippen LogP contribution in [-0.4, -0.2) is 22.5 Å². The van der Waals surface area contributed by atoms with Crippen LogP contribution in [0.1, 0.15) is 0 Å². The van der Waals surface area contributed by atoms with Gasteiger partial charge in [0, 0.05) is 6.20 Å². The lowest BCUT2D eigenvalue weighted by molar-refractivity contribution is 0.545. The predicted octanol–water partition coefficient (Wildman–Crippen LogP) is 0.243. The summed E-state index contributed by atoms with van der Waals surface area (Å²) in [5, 5.41) is -0.279. The highest BCUT2D eigenvalue weighted by Crippen LogP contribution is 2.11. The second-order valence-electron chi connectivity index (χ2n) is 1.81. The number of hydrogen-bond donors (Lipinski definition) is 2. The van der Waals surface area contributed by atoms with Gasteiger partial charge in [-0.3, -0.25) is 0 Å². The first-order valence-corrected chi connectivity index (χ1v) is 5.01. The van der Waals surface area contributed by atoms with E-state index in [1.807, 2.05) is 0 Å². The Morgan fingerprint density at radius 2 is 1.92 bits per heavy atom. The van der Waals surface area contributed by atoms with E-state index < -0.39 is 22.2 Å². The summed E-state index contributed by atoms with van der Waals surface area (Å²) in [4.78, 5) is 3.36. The molecule has 12 heavy (non-hydrogen) atoms. The molecule has 66 valence electrons. The summed E-state index contributed by atoms with van der Waals surface area (Å²) in [6.07, 6.45) is 1.28. The van der Waals surface area contributed by atoms with Crippen molar-refractivity contribution >= 4 is 22.2 Å². The van der Waals surface area contributed by atoms with Crippen LogP contribution >= 0.6 is 0 Å². The van der Waals surface area contributed by atoms with Gasteiger partial charge in [-0.15, -0.1) is 0 Å². The minimum absolute atomic E-state index is 0.140. The molecule has 2 N–H and O–H groups in total. The van der Waals surface area contributed by atoms with Crippen LogP contribution in [0.25, 0.3) is 0 Å². The smallest absolute Gasteiger partial charge is 0.207 e. The highest BCUT2D eigenvalue weighted by Gasteiger charge is 2.12. The summed E-state index contributed by atoms with van der Waals surface area (Å²) in [7, 11) is 0. The lowest BCUT2D eigenvalue weighted by Crippen LogP contribution is -2.00. The zero-order valence-corrected chi connectivity index (χ0v) is 7.34. The van der Waals surface area contributed by atoms with Crippen LogP contribution in [0.15, 0.2) is 28.3 Å². The standard InChI is InChI=1S/C5H5NO4S2/c7-11(8)4-2-1-3-6-5(4)12(9)10/h1-3H,(H,7,8)(H,9,10). The molecule has 1 heterocycles. The van der Waals surface area contributed by atoms with Crippen molar-refractivity contribution in [2.75, 3.05) is 0 Å². The Kier molecular flexibility index (Phi) is 3.04. The van der Waals surface area contributed by atoms with Gasteiger partial charge in [-0.1, -0.05) is 0 Å². The third-order valence-electron chi connectivity index (χ3n) is 1.09. The third kappa shape index (κ3) is 1.95. The maximum Gasteiger partial charge on any atom is 0.207 e. The van der Waals surface area contributed by atoms with Crippen molar-refractivity contribution in [1.82, 2.24) is 4.98 Å². The highest BCUT2D eigenvalue weighted by molar-refractivity contribution is 7.82. The van der Waals surface area contributed by atoms with Crippen molar-refractivity contribution in [2.24, 2.45) is 0 Å². The summed E-state index contributed by atoms with van der Waals surface area (Å²) in [6.45, 7) is 0. The number of rotatable bonds is 2. The Hall–Kier alpha value is -0.630. The summed E-state index contributed by atoms with van der Waals surface area (Å²) in [5.41, 5.74) is 0. The molecule has 7 heteroatoms. The summed E-state index contributed by atoms with van der Waals surface area (Å²) >= 11 is -4.60. The molecular formula is C5H5NO4S2. The predicted molar refractivity (Wildman–Crippen MR) is 42.3 cm³/mol. The molecule has 2 unspecified atom stereocenters. The van der Waals surface area contributed by atoms with Crippen molar-refractivity contribution in [2.45, 2.75) is 9.92 Å². The molecule has 0 saturated heterocycles. The van der Waals surface area contributed by atoms with E-state index in [0.29, 0.717) is 0 Å². The van der Waals surface area contributed by atoms with Crippen LogP contribution in [0.5, 0.6) is 0 Å². The molecular weight excluding hydrogens is 202 g/mol. The molecule has 0 spiro atoms. The van der Waals surface area contributed by atoms with E-state index in [4.69, 9.17) is 9.11 Å². The molecule has 0 aromatic carbocycles. The van der Waals surface area contributed by atoms with Gasteiger partial charge in [0.1, 0.15) is 4.90 Å². The van der Waals surface area contributed by atoms with Gasteiger partial charge in [0.05, 0.1) is 0 Å². The minimum Gasteiger partial charge on any atom is -0.302 e. The SMILES string of the molecule is O=S(O)c1cccnc1S(=O)O. The average molecular weight is 207 g/mol. The van der Waals surface area contributed by atoms with Crippen LogP contribution < -0.4 is 0 Å². The molecule has 0 amide bonds. The molecule has 0 fully saturated rings. The molecule has 0 aliphatic carbocycles.